The van der Waals surface area contributed by atoms with Crippen LogP contribution >= 0.6 is 0 Å². The molecule has 1 amide bonds. The maximum absolute atomic E-state index is 14.0. The smallest absolute Gasteiger partial charge is 0.235 e. The summed E-state index contributed by atoms with van der Waals surface area (Å²) in [6.07, 6.45) is 4.38. The van der Waals surface area contributed by atoms with E-state index in [9.17, 15) is 34.2 Å². The number of aromatic hydroxyl groups is 1. The number of hydrogen-bond acceptors (Lipinski definition) is 9. The summed E-state index contributed by atoms with van der Waals surface area (Å²) in [6, 6.07) is 0.620. The van der Waals surface area contributed by atoms with E-state index in [1.54, 1.807) is 20.2 Å². The lowest BCUT2D eigenvalue weighted by atomic mass is 9.52. The molecule has 0 aliphatic heterocycles. The summed E-state index contributed by atoms with van der Waals surface area (Å²) < 4.78 is 0. The van der Waals surface area contributed by atoms with E-state index >= 15 is 0 Å². The number of amides is 1. The summed E-state index contributed by atoms with van der Waals surface area (Å²) in [4.78, 5) is 70.1. The number of phenols is 1. The molecule has 6 unspecified atom stereocenters. The van der Waals surface area contributed by atoms with Gasteiger partial charge in [-0.2, -0.15) is 0 Å². The standard InChI is InChI=1S/C30H35N3O7/c1-32(2)19-13-15(10-9-14-7-5-6-8-14)24(34)21-17(19)11-16-12-18-23(33(3)4)26(36)22(29(31)39)28(38)30(18,40)27(37)20(16)25(21)35/h13-14,16,18,20,22-23,34,40H,5-8,11-12H2,1-4H3,(H2,31,39). The van der Waals surface area contributed by atoms with Gasteiger partial charge in [-0.05, 0) is 57.3 Å². The Kier molecular flexibility index (Phi) is 6.87. The van der Waals surface area contributed by atoms with Gasteiger partial charge in [0.2, 0.25) is 5.91 Å². The molecule has 40 heavy (non-hydrogen) atoms. The van der Waals surface area contributed by atoms with Crippen LogP contribution in [0.25, 0.3) is 0 Å². The molecular weight excluding hydrogens is 514 g/mol. The van der Waals surface area contributed by atoms with Crippen LogP contribution in [0.5, 0.6) is 5.75 Å². The monoisotopic (exact) mass is 549 g/mol. The first-order valence-corrected chi connectivity index (χ1v) is 13.7. The van der Waals surface area contributed by atoms with Crippen molar-refractivity contribution in [3.05, 3.63) is 22.8 Å². The number of hydrogen-bond donors (Lipinski definition) is 3. The van der Waals surface area contributed by atoms with Crippen LogP contribution in [0.15, 0.2) is 6.07 Å². The molecule has 0 radical (unpaired) electrons. The normalized spacial score (nSPS) is 31.8. The van der Waals surface area contributed by atoms with Gasteiger partial charge in [-0.1, -0.05) is 24.7 Å². The zero-order valence-electron chi connectivity index (χ0n) is 23.2. The number of ketones is 4. The van der Waals surface area contributed by atoms with Crippen molar-refractivity contribution in [1.82, 2.24) is 4.90 Å². The van der Waals surface area contributed by atoms with Crippen molar-refractivity contribution in [2.45, 2.75) is 50.2 Å². The lowest BCUT2D eigenvalue weighted by molar-refractivity contribution is -0.181. The van der Waals surface area contributed by atoms with Crippen molar-refractivity contribution in [3.63, 3.8) is 0 Å². The van der Waals surface area contributed by atoms with Gasteiger partial charge in [0.1, 0.15) is 5.75 Å². The molecule has 4 aliphatic rings. The largest absolute Gasteiger partial charge is 0.506 e. The summed E-state index contributed by atoms with van der Waals surface area (Å²) >= 11 is 0. The second-order valence-corrected chi connectivity index (χ2v) is 12.1. The molecule has 3 saturated carbocycles. The molecule has 0 saturated heterocycles. The molecule has 6 atom stereocenters. The average Bonchev–Trinajstić information content (AvgIpc) is 3.39. The highest BCUT2D eigenvalue weighted by Gasteiger charge is 2.69. The number of rotatable bonds is 3. The Balaban J connectivity index is 1.64. The van der Waals surface area contributed by atoms with E-state index in [0.717, 1.165) is 25.7 Å². The van der Waals surface area contributed by atoms with Crippen molar-refractivity contribution in [2.75, 3.05) is 33.1 Å². The van der Waals surface area contributed by atoms with Gasteiger partial charge in [0.25, 0.3) is 0 Å². The van der Waals surface area contributed by atoms with E-state index in [1.165, 1.54) is 4.90 Å². The van der Waals surface area contributed by atoms with E-state index < -0.39 is 64.4 Å². The van der Waals surface area contributed by atoms with Crippen molar-refractivity contribution in [1.29, 1.82) is 0 Å². The highest BCUT2D eigenvalue weighted by atomic mass is 16.3. The minimum atomic E-state index is -2.74. The SMILES string of the molecule is CN(C)c1cc(C#CC2CCCC2)c(O)c2c1CC1CC3C(N(C)C)C(=O)C(C(N)=O)C(=O)C3(O)C(=O)C1C2=O. The quantitative estimate of drug-likeness (QED) is 0.360. The minimum absolute atomic E-state index is 0.0146. The van der Waals surface area contributed by atoms with Gasteiger partial charge in [-0.3, -0.25) is 28.9 Å². The van der Waals surface area contributed by atoms with Crippen LogP contribution < -0.4 is 10.6 Å². The van der Waals surface area contributed by atoms with Crippen LogP contribution in [0.1, 0.15) is 53.6 Å². The number of likely N-dealkylation sites (N-methyl/N-ethyl adjacent to an activating group) is 1. The van der Waals surface area contributed by atoms with Crippen LogP contribution in [0, 0.1) is 41.4 Å². The summed E-state index contributed by atoms with van der Waals surface area (Å²) in [6.45, 7) is 0. The molecule has 0 spiro atoms. The third kappa shape index (κ3) is 3.98. The first-order valence-electron chi connectivity index (χ1n) is 13.7. The van der Waals surface area contributed by atoms with Gasteiger partial charge in [-0.25, -0.2) is 0 Å². The zero-order valence-corrected chi connectivity index (χ0v) is 23.2. The predicted octanol–water partition coefficient (Wildman–Crippen LogP) is 0.475. The minimum Gasteiger partial charge on any atom is -0.506 e. The Morgan fingerprint density at radius 3 is 2.30 bits per heavy atom. The Morgan fingerprint density at radius 2 is 1.73 bits per heavy atom. The molecule has 4 aliphatic carbocycles. The molecular formula is C30H35N3O7. The van der Waals surface area contributed by atoms with Crippen molar-refractivity contribution in [3.8, 4) is 17.6 Å². The van der Waals surface area contributed by atoms with E-state index in [0.29, 0.717) is 11.3 Å². The number of aliphatic hydroxyl groups is 1. The number of carbonyl (C=O) groups is 5. The zero-order chi connectivity index (χ0) is 29.3. The van der Waals surface area contributed by atoms with Crippen LogP contribution in [0.3, 0.4) is 0 Å². The molecule has 1 aromatic carbocycles. The highest BCUT2D eigenvalue weighted by Crippen LogP contribution is 2.52. The molecule has 0 heterocycles. The Morgan fingerprint density at radius 1 is 1.07 bits per heavy atom. The lowest BCUT2D eigenvalue weighted by Gasteiger charge is -2.52. The van der Waals surface area contributed by atoms with Gasteiger partial charge in [0.05, 0.1) is 23.1 Å². The topological polar surface area (TPSA) is 158 Å². The molecule has 212 valence electrons. The third-order valence-corrected chi connectivity index (χ3v) is 9.29. The molecule has 0 bridgehead atoms. The molecule has 1 aromatic rings. The van der Waals surface area contributed by atoms with E-state index in [-0.39, 0.29) is 35.6 Å². The lowest BCUT2D eigenvalue weighted by Crippen LogP contribution is -2.74. The van der Waals surface area contributed by atoms with Crippen molar-refractivity contribution in [2.24, 2.45) is 35.3 Å². The van der Waals surface area contributed by atoms with Gasteiger partial charge in [-0.15, -0.1) is 0 Å². The number of nitrogens with two attached hydrogens (primary N) is 1. The number of Topliss-reactive ketones (excluding diaryl/α,β-unsaturated/α-hetero) is 4. The van der Waals surface area contributed by atoms with Crippen molar-refractivity contribution < 1.29 is 34.2 Å². The number of benzene rings is 1. The van der Waals surface area contributed by atoms with Crippen LogP contribution in [0.2, 0.25) is 0 Å². The fourth-order valence-corrected chi connectivity index (χ4v) is 7.40. The number of phenolic OH excluding ortho intramolecular Hbond substituents is 1. The summed E-state index contributed by atoms with van der Waals surface area (Å²) in [5.41, 5.74) is 4.12. The highest BCUT2D eigenvalue weighted by molar-refractivity contribution is 6.32. The fraction of sp³-hybridized carbons (Fsp3) is 0.567. The number of anilines is 1. The van der Waals surface area contributed by atoms with Crippen molar-refractivity contribution >= 4 is 34.7 Å². The van der Waals surface area contributed by atoms with Gasteiger partial charge >= 0.3 is 0 Å². The van der Waals surface area contributed by atoms with Crippen LogP contribution in [-0.4, -0.2) is 84.0 Å². The Labute approximate surface area is 232 Å². The van der Waals surface area contributed by atoms with E-state index in [1.807, 2.05) is 19.0 Å². The summed E-state index contributed by atoms with van der Waals surface area (Å²) in [5.74, 6) is -4.09. The number of fused-ring (bicyclic) bond motifs is 3. The first kappa shape index (κ1) is 28.0. The number of primary amides is 1. The van der Waals surface area contributed by atoms with Gasteiger partial charge in [0, 0.05) is 31.6 Å². The van der Waals surface area contributed by atoms with E-state index in [4.69, 9.17) is 5.73 Å². The second-order valence-electron chi connectivity index (χ2n) is 12.1. The van der Waals surface area contributed by atoms with Crippen LogP contribution in [-0.2, 0) is 25.6 Å². The molecule has 10 nitrogen and oxygen atoms in total. The second kappa shape index (κ2) is 9.82. The van der Waals surface area contributed by atoms with Crippen LogP contribution in [0.4, 0.5) is 5.69 Å². The number of carbonyl (C=O) groups excluding carboxylic acids is 5. The molecule has 10 heteroatoms. The summed E-state index contributed by atoms with van der Waals surface area (Å²) in [7, 11) is 6.75. The first-order chi connectivity index (χ1) is 18.8. The maximum atomic E-state index is 14.0. The summed E-state index contributed by atoms with van der Waals surface area (Å²) in [5, 5.41) is 23.0. The third-order valence-electron chi connectivity index (χ3n) is 9.29. The molecule has 5 rings (SSSR count). The molecule has 0 aromatic heterocycles. The fourth-order valence-electron chi connectivity index (χ4n) is 7.40. The van der Waals surface area contributed by atoms with Gasteiger partial charge in [0.15, 0.2) is 34.7 Å². The number of nitrogens with zero attached hydrogens (tertiary/aromatic N) is 2. The van der Waals surface area contributed by atoms with E-state index in [2.05, 4.69) is 11.8 Å². The Hall–Kier alpha value is -3.55. The Bertz CT molecular complexity index is 1400. The molecule has 3 fully saturated rings. The molecule has 4 N–H and O–H groups in total. The maximum Gasteiger partial charge on any atom is 0.235 e. The van der Waals surface area contributed by atoms with Gasteiger partial charge < -0.3 is 20.8 Å². The predicted molar refractivity (Wildman–Crippen MR) is 145 cm³/mol. The average molecular weight is 550 g/mol.